The van der Waals surface area contributed by atoms with Gasteiger partial charge in [0.2, 0.25) is 5.91 Å². The van der Waals surface area contributed by atoms with Gasteiger partial charge in [-0.2, -0.15) is 0 Å². The number of rotatable bonds is 5. The second-order valence-corrected chi connectivity index (χ2v) is 3.42. The number of primary amides is 1. The Labute approximate surface area is 92.5 Å². The zero-order valence-corrected chi connectivity index (χ0v) is 8.67. The third-order valence-electron chi connectivity index (χ3n) is 2.19. The lowest BCUT2D eigenvalue weighted by atomic mass is 10.2. The summed E-state index contributed by atoms with van der Waals surface area (Å²) in [6.07, 6.45) is 3.65. The summed E-state index contributed by atoms with van der Waals surface area (Å²) >= 11 is 0. The molecule has 0 aliphatic rings. The number of carboxylic acid groups (broad SMARTS) is 1. The van der Waals surface area contributed by atoms with Crippen molar-refractivity contribution in [3.63, 3.8) is 0 Å². The van der Waals surface area contributed by atoms with Crippen LogP contribution in [0.2, 0.25) is 0 Å². The highest BCUT2D eigenvalue weighted by Gasteiger charge is 2.13. The fourth-order valence-electron chi connectivity index (χ4n) is 1.18. The highest BCUT2D eigenvalue weighted by atomic mass is 16.4. The maximum atomic E-state index is 10.8. The molecule has 6 nitrogen and oxygen atoms in total. The first-order chi connectivity index (χ1) is 7.50. The molecule has 0 aliphatic carbocycles. The number of carbonyl (C=O) groups is 2. The summed E-state index contributed by atoms with van der Waals surface area (Å²) in [5, 5.41) is 8.58. The predicted octanol–water partition coefficient (Wildman–Crippen LogP) is -1.12. The number of nitrogens with zero attached hydrogens (tertiary/aromatic N) is 1. The number of aliphatic carboxylic acids is 1. The lowest BCUT2D eigenvalue weighted by molar-refractivity contribution is -0.697. The van der Waals surface area contributed by atoms with Crippen LogP contribution in [0, 0.1) is 0 Å². The number of hydrogen-bond donors (Lipinski definition) is 3. The number of hydrogen-bond acceptors (Lipinski definition) is 3. The van der Waals surface area contributed by atoms with Crippen LogP contribution in [0.3, 0.4) is 0 Å². The number of aryl methyl sites for hydroxylation is 1. The smallest absolute Gasteiger partial charge is 0.320 e. The lowest BCUT2D eigenvalue weighted by Crippen LogP contribution is -2.39. The van der Waals surface area contributed by atoms with E-state index < -0.39 is 17.9 Å². The Morgan fingerprint density at radius 1 is 1.38 bits per heavy atom. The predicted molar refractivity (Wildman–Crippen MR) is 55.4 cm³/mol. The van der Waals surface area contributed by atoms with Gasteiger partial charge in [-0.1, -0.05) is 0 Å². The molecule has 1 atom stereocenters. The Balaban J connectivity index is 2.56. The van der Waals surface area contributed by atoms with E-state index in [-0.39, 0.29) is 0 Å². The van der Waals surface area contributed by atoms with E-state index in [1.165, 1.54) is 0 Å². The first-order valence-electron chi connectivity index (χ1n) is 4.78. The van der Waals surface area contributed by atoms with Crippen molar-refractivity contribution in [2.24, 2.45) is 11.5 Å². The van der Waals surface area contributed by atoms with Crippen LogP contribution in [0.1, 0.15) is 16.8 Å². The van der Waals surface area contributed by atoms with Gasteiger partial charge in [0.25, 0.3) is 0 Å². The zero-order valence-electron chi connectivity index (χ0n) is 8.67. The molecule has 1 amide bonds. The van der Waals surface area contributed by atoms with Crippen molar-refractivity contribution in [2.75, 3.05) is 0 Å². The molecule has 86 valence electrons. The average molecular weight is 224 g/mol. The molecular weight excluding hydrogens is 210 g/mol. The van der Waals surface area contributed by atoms with Crippen LogP contribution in [0.5, 0.6) is 0 Å². The molecule has 0 unspecified atom stereocenters. The van der Waals surface area contributed by atoms with E-state index in [1.54, 1.807) is 29.1 Å². The highest BCUT2D eigenvalue weighted by Crippen LogP contribution is 1.94. The van der Waals surface area contributed by atoms with Crippen LogP contribution < -0.4 is 16.0 Å². The first-order valence-corrected chi connectivity index (χ1v) is 4.78. The van der Waals surface area contributed by atoms with Crippen LogP contribution in [-0.2, 0) is 11.3 Å². The monoisotopic (exact) mass is 224 g/mol. The molecule has 1 rings (SSSR count). The Morgan fingerprint density at radius 3 is 2.38 bits per heavy atom. The summed E-state index contributed by atoms with van der Waals surface area (Å²) in [4.78, 5) is 21.3. The van der Waals surface area contributed by atoms with Gasteiger partial charge in [0.1, 0.15) is 6.04 Å². The minimum absolute atomic E-state index is 0.329. The van der Waals surface area contributed by atoms with E-state index in [9.17, 15) is 9.59 Å². The van der Waals surface area contributed by atoms with Crippen LogP contribution in [-0.4, -0.2) is 23.0 Å². The molecule has 16 heavy (non-hydrogen) atoms. The largest absolute Gasteiger partial charge is 0.480 e. The molecule has 6 heteroatoms. The van der Waals surface area contributed by atoms with Gasteiger partial charge in [-0.25, -0.2) is 4.57 Å². The van der Waals surface area contributed by atoms with Crippen LogP contribution in [0.15, 0.2) is 24.5 Å². The summed E-state index contributed by atoms with van der Waals surface area (Å²) in [5.41, 5.74) is 10.9. The molecule has 0 bridgehead atoms. The molecule has 0 radical (unpaired) electrons. The van der Waals surface area contributed by atoms with Crippen molar-refractivity contribution in [1.29, 1.82) is 0 Å². The summed E-state index contributed by atoms with van der Waals surface area (Å²) in [5.74, 6) is -1.51. The van der Waals surface area contributed by atoms with E-state index in [1.807, 2.05) is 0 Å². The summed E-state index contributed by atoms with van der Waals surface area (Å²) < 4.78 is 1.75. The second-order valence-electron chi connectivity index (χ2n) is 3.42. The number of carbonyl (C=O) groups excluding carboxylic acids is 1. The van der Waals surface area contributed by atoms with Gasteiger partial charge in [0, 0.05) is 18.6 Å². The van der Waals surface area contributed by atoms with Crippen LogP contribution in [0.25, 0.3) is 0 Å². The van der Waals surface area contributed by atoms with Crippen LogP contribution in [0.4, 0.5) is 0 Å². The van der Waals surface area contributed by atoms with Gasteiger partial charge in [-0.3, -0.25) is 9.59 Å². The zero-order chi connectivity index (χ0) is 12.1. The molecule has 1 heterocycles. The van der Waals surface area contributed by atoms with Crippen molar-refractivity contribution >= 4 is 11.9 Å². The quantitative estimate of drug-likeness (QED) is 0.550. The molecule has 0 aromatic carbocycles. The van der Waals surface area contributed by atoms with E-state index in [0.717, 1.165) is 0 Å². The Hall–Kier alpha value is -1.95. The number of amides is 1. The Kier molecular flexibility index (Phi) is 3.96. The topological polar surface area (TPSA) is 110 Å². The molecule has 0 saturated heterocycles. The normalized spacial score (nSPS) is 12.1. The van der Waals surface area contributed by atoms with Crippen molar-refractivity contribution in [2.45, 2.75) is 19.0 Å². The fourth-order valence-corrected chi connectivity index (χ4v) is 1.18. The Bertz CT molecular complexity index is 389. The fraction of sp³-hybridized carbons (Fsp3) is 0.300. The molecule has 5 N–H and O–H groups in total. The maximum absolute atomic E-state index is 10.8. The van der Waals surface area contributed by atoms with Crippen molar-refractivity contribution in [1.82, 2.24) is 0 Å². The minimum Gasteiger partial charge on any atom is -0.480 e. The highest BCUT2D eigenvalue weighted by molar-refractivity contribution is 5.92. The molecule has 1 aromatic heterocycles. The van der Waals surface area contributed by atoms with Gasteiger partial charge in [0.15, 0.2) is 18.9 Å². The average Bonchev–Trinajstić information content (AvgIpc) is 2.26. The maximum Gasteiger partial charge on any atom is 0.320 e. The van der Waals surface area contributed by atoms with Crippen molar-refractivity contribution < 1.29 is 19.3 Å². The van der Waals surface area contributed by atoms with Gasteiger partial charge in [-0.05, 0) is 0 Å². The summed E-state index contributed by atoms with van der Waals surface area (Å²) in [6, 6.07) is 2.28. The van der Waals surface area contributed by atoms with Crippen molar-refractivity contribution in [3.8, 4) is 0 Å². The van der Waals surface area contributed by atoms with Gasteiger partial charge >= 0.3 is 5.97 Å². The lowest BCUT2D eigenvalue weighted by Gasteiger charge is -2.02. The van der Waals surface area contributed by atoms with Crippen LogP contribution >= 0.6 is 0 Å². The van der Waals surface area contributed by atoms with Gasteiger partial charge in [0.05, 0.1) is 5.56 Å². The molecule has 1 aromatic rings. The van der Waals surface area contributed by atoms with E-state index in [0.29, 0.717) is 18.5 Å². The molecule has 0 spiro atoms. The number of pyridine rings is 1. The SMILES string of the molecule is NC(=O)c1cc[n+](CC[C@H](N)C(=O)O)cc1. The number of nitrogens with two attached hydrogens (primary N) is 2. The van der Waals surface area contributed by atoms with Gasteiger partial charge < -0.3 is 16.6 Å². The molecular formula is C10H14N3O3+. The van der Waals surface area contributed by atoms with Gasteiger partial charge in [-0.15, -0.1) is 0 Å². The molecule has 0 fully saturated rings. The first kappa shape index (κ1) is 12.1. The molecule has 0 aliphatic heterocycles. The van der Waals surface area contributed by atoms with Crippen molar-refractivity contribution in [3.05, 3.63) is 30.1 Å². The molecule has 0 saturated carbocycles. The minimum atomic E-state index is -1.02. The summed E-state index contributed by atoms with van der Waals surface area (Å²) in [6.45, 7) is 0.479. The van der Waals surface area contributed by atoms with E-state index in [2.05, 4.69) is 0 Å². The third kappa shape index (κ3) is 3.32. The number of carboxylic acids is 1. The van der Waals surface area contributed by atoms with E-state index in [4.69, 9.17) is 16.6 Å². The van der Waals surface area contributed by atoms with E-state index >= 15 is 0 Å². The standard InChI is InChI=1S/C10H13N3O3/c11-8(10(15)16)3-6-13-4-1-7(2-5-13)9(12)14/h1-2,4-5,8H,3,6,11H2,(H2-,12,14,15,16)/p+1/t8-/m0/s1. The third-order valence-corrected chi connectivity index (χ3v) is 2.19. The second kappa shape index (κ2) is 5.22. The Morgan fingerprint density at radius 2 is 1.94 bits per heavy atom. The summed E-state index contributed by atoms with van der Waals surface area (Å²) in [7, 11) is 0. The number of aromatic nitrogens is 1.